The van der Waals surface area contributed by atoms with E-state index in [1.54, 1.807) is 0 Å². The molecule has 1 fully saturated rings. The molecule has 0 aromatic heterocycles. The number of amides is 2. The number of benzene rings is 1. The zero-order valence-electron chi connectivity index (χ0n) is 10.9. The van der Waals surface area contributed by atoms with E-state index in [0.717, 1.165) is 15.8 Å². The Labute approximate surface area is 131 Å². The zero-order valence-corrected chi connectivity index (χ0v) is 13.1. The molecule has 20 heavy (non-hydrogen) atoms. The van der Waals surface area contributed by atoms with Crippen LogP contribution in [0.3, 0.4) is 0 Å². The Morgan fingerprint density at radius 3 is 2.90 bits per heavy atom. The largest absolute Gasteiger partial charge is 0.368 e. The second kappa shape index (κ2) is 7.00. The number of hydrogen-bond acceptors (Lipinski definition) is 4. The van der Waals surface area contributed by atoms with Crippen LogP contribution in [0, 0.1) is 3.57 Å². The molecule has 0 aliphatic carbocycles. The van der Waals surface area contributed by atoms with Gasteiger partial charge in [-0.3, -0.25) is 14.5 Å². The van der Waals surface area contributed by atoms with Crippen molar-refractivity contribution in [1.82, 2.24) is 10.2 Å². The smallest absolute Gasteiger partial charge is 0.238 e. The molecule has 0 radical (unpaired) electrons. The first-order chi connectivity index (χ1) is 9.58. The quantitative estimate of drug-likeness (QED) is 0.634. The molecule has 0 spiro atoms. The first-order valence-electron chi connectivity index (χ1n) is 6.36. The Morgan fingerprint density at radius 2 is 2.20 bits per heavy atom. The summed E-state index contributed by atoms with van der Waals surface area (Å²) < 4.78 is 0.977. The van der Waals surface area contributed by atoms with Gasteiger partial charge in [-0.05, 0) is 34.7 Å². The van der Waals surface area contributed by atoms with Gasteiger partial charge < -0.3 is 16.4 Å². The summed E-state index contributed by atoms with van der Waals surface area (Å²) in [7, 11) is 0. The molecule has 1 aliphatic rings. The fourth-order valence-corrected chi connectivity index (χ4v) is 2.68. The summed E-state index contributed by atoms with van der Waals surface area (Å²) in [5.74, 6) is -0.540. The molecule has 0 saturated carbocycles. The maximum Gasteiger partial charge on any atom is 0.238 e. The third kappa shape index (κ3) is 3.90. The number of nitrogens with one attached hydrogen (secondary N) is 2. The molecule has 108 valence electrons. The van der Waals surface area contributed by atoms with Crippen LogP contribution in [0.2, 0.25) is 0 Å². The normalized spacial score (nSPS) is 19.6. The van der Waals surface area contributed by atoms with E-state index in [0.29, 0.717) is 13.1 Å². The van der Waals surface area contributed by atoms with E-state index in [9.17, 15) is 9.59 Å². The second-order valence-electron chi connectivity index (χ2n) is 4.62. The van der Waals surface area contributed by atoms with Crippen LogP contribution in [-0.2, 0) is 9.59 Å². The van der Waals surface area contributed by atoms with E-state index in [4.69, 9.17) is 5.73 Å². The molecule has 1 saturated heterocycles. The lowest BCUT2D eigenvalue weighted by atomic mass is 10.2. The molecule has 1 aliphatic heterocycles. The van der Waals surface area contributed by atoms with Gasteiger partial charge in [0, 0.05) is 23.2 Å². The molecule has 1 aromatic carbocycles. The maximum absolute atomic E-state index is 12.1. The van der Waals surface area contributed by atoms with Gasteiger partial charge >= 0.3 is 0 Å². The molecule has 1 unspecified atom stereocenters. The highest BCUT2D eigenvalue weighted by Gasteiger charge is 2.28. The third-order valence-electron chi connectivity index (χ3n) is 3.18. The van der Waals surface area contributed by atoms with E-state index >= 15 is 0 Å². The van der Waals surface area contributed by atoms with E-state index in [1.165, 1.54) is 0 Å². The number of nitrogens with zero attached hydrogens (tertiary/aromatic N) is 1. The van der Waals surface area contributed by atoms with Crippen LogP contribution in [0.4, 0.5) is 5.69 Å². The molecule has 7 heteroatoms. The molecule has 1 aromatic rings. The van der Waals surface area contributed by atoms with Gasteiger partial charge in [-0.1, -0.05) is 12.1 Å². The van der Waals surface area contributed by atoms with Crippen molar-refractivity contribution in [3.8, 4) is 0 Å². The number of anilines is 1. The Bertz CT molecular complexity index is 509. The Hall–Kier alpha value is -1.19. The van der Waals surface area contributed by atoms with E-state index in [1.807, 2.05) is 29.2 Å². The Morgan fingerprint density at radius 1 is 1.45 bits per heavy atom. The number of primary amides is 1. The van der Waals surface area contributed by atoms with Crippen molar-refractivity contribution in [3.63, 3.8) is 0 Å². The maximum atomic E-state index is 12.1. The Kier molecular flexibility index (Phi) is 5.32. The van der Waals surface area contributed by atoms with Gasteiger partial charge in [0.2, 0.25) is 11.8 Å². The first kappa shape index (κ1) is 15.2. The van der Waals surface area contributed by atoms with Gasteiger partial charge in [0.15, 0.2) is 0 Å². The van der Waals surface area contributed by atoms with Crippen LogP contribution in [0.15, 0.2) is 24.3 Å². The predicted octanol–water partition coefficient (Wildman–Crippen LogP) is -0.0112. The number of rotatable bonds is 4. The fourth-order valence-electron chi connectivity index (χ4n) is 2.15. The average molecular weight is 388 g/mol. The standard InChI is InChI=1S/C13H17IN4O2/c14-9-3-1-2-4-10(9)17-12(19)8-18-6-5-16-7-11(18)13(15)20/h1-4,11,16H,5-8H2,(H2,15,20)(H,17,19). The third-order valence-corrected chi connectivity index (χ3v) is 4.12. The summed E-state index contributed by atoms with van der Waals surface area (Å²) in [6, 6.07) is 7.13. The molecule has 6 nitrogen and oxygen atoms in total. The van der Waals surface area contributed by atoms with Crippen LogP contribution in [0.1, 0.15) is 0 Å². The lowest BCUT2D eigenvalue weighted by molar-refractivity contribution is -0.125. The number of halogens is 1. The summed E-state index contributed by atoms with van der Waals surface area (Å²) in [5.41, 5.74) is 6.14. The minimum atomic E-state index is -0.427. The number of para-hydroxylation sites is 1. The lowest BCUT2D eigenvalue weighted by Crippen LogP contribution is -2.58. The first-order valence-corrected chi connectivity index (χ1v) is 7.44. The molecule has 2 rings (SSSR count). The van der Waals surface area contributed by atoms with Gasteiger partial charge in [-0.25, -0.2) is 0 Å². The van der Waals surface area contributed by atoms with Crippen molar-refractivity contribution in [1.29, 1.82) is 0 Å². The van der Waals surface area contributed by atoms with Crippen molar-refractivity contribution in [2.75, 3.05) is 31.5 Å². The number of carbonyl (C=O) groups excluding carboxylic acids is 2. The van der Waals surface area contributed by atoms with Gasteiger partial charge in [0.25, 0.3) is 0 Å². The molecule has 1 heterocycles. The number of carbonyl (C=O) groups is 2. The molecular weight excluding hydrogens is 371 g/mol. The average Bonchev–Trinajstić information content (AvgIpc) is 2.41. The summed E-state index contributed by atoms with van der Waals surface area (Å²) in [6.45, 7) is 2.04. The molecule has 0 bridgehead atoms. The summed E-state index contributed by atoms with van der Waals surface area (Å²) in [6.07, 6.45) is 0. The van der Waals surface area contributed by atoms with Crippen LogP contribution < -0.4 is 16.4 Å². The monoisotopic (exact) mass is 388 g/mol. The van der Waals surface area contributed by atoms with Crippen LogP contribution in [-0.4, -0.2) is 48.9 Å². The van der Waals surface area contributed by atoms with Gasteiger partial charge in [0.05, 0.1) is 12.2 Å². The predicted molar refractivity (Wildman–Crippen MR) is 85.2 cm³/mol. The molecular formula is C13H17IN4O2. The highest BCUT2D eigenvalue weighted by molar-refractivity contribution is 14.1. The van der Waals surface area contributed by atoms with Crippen molar-refractivity contribution in [2.24, 2.45) is 5.73 Å². The topological polar surface area (TPSA) is 87.5 Å². The van der Waals surface area contributed by atoms with Gasteiger partial charge in [-0.15, -0.1) is 0 Å². The highest BCUT2D eigenvalue weighted by atomic mass is 127. The minimum Gasteiger partial charge on any atom is -0.368 e. The number of piperazine rings is 1. The van der Waals surface area contributed by atoms with E-state index in [-0.39, 0.29) is 12.5 Å². The summed E-state index contributed by atoms with van der Waals surface area (Å²) >= 11 is 2.17. The van der Waals surface area contributed by atoms with Crippen molar-refractivity contribution >= 4 is 40.1 Å². The van der Waals surface area contributed by atoms with Crippen molar-refractivity contribution in [3.05, 3.63) is 27.8 Å². The van der Waals surface area contributed by atoms with Crippen LogP contribution >= 0.6 is 22.6 Å². The summed E-state index contributed by atoms with van der Waals surface area (Å²) in [4.78, 5) is 25.2. The van der Waals surface area contributed by atoms with Crippen LogP contribution in [0.25, 0.3) is 0 Å². The minimum absolute atomic E-state index is 0.137. The van der Waals surface area contributed by atoms with Gasteiger partial charge in [-0.2, -0.15) is 0 Å². The Balaban J connectivity index is 1.96. The lowest BCUT2D eigenvalue weighted by Gasteiger charge is -2.33. The highest BCUT2D eigenvalue weighted by Crippen LogP contribution is 2.17. The summed E-state index contributed by atoms with van der Waals surface area (Å²) in [5, 5.41) is 5.96. The zero-order chi connectivity index (χ0) is 14.5. The SMILES string of the molecule is NC(=O)C1CNCCN1CC(=O)Nc1ccccc1I. The van der Waals surface area contributed by atoms with Crippen molar-refractivity contribution < 1.29 is 9.59 Å². The molecule has 4 N–H and O–H groups in total. The molecule has 1 atom stereocenters. The molecule has 2 amide bonds. The van der Waals surface area contributed by atoms with Crippen LogP contribution in [0.5, 0.6) is 0 Å². The van der Waals surface area contributed by atoms with Gasteiger partial charge in [0.1, 0.15) is 6.04 Å². The fraction of sp³-hybridized carbons (Fsp3) is 0.385. The number of nitrogens with two attached hydrogens (primary N) is 1. The van der Waals surface area contributed by atoms with Crippen molar-refractivity contribution in [2.45, 2.75) is 6.04 Å². The number of hydrogen-bond donors (Lipinski definition) is 3. The second-order valence-corrected chi connectivity index (χ2v) is 5.78. The van der Waals surface area contributed by atoms with E-state index < -0.39 is 11.9 Å². The van der Waals surface area contributed by atoms with E-state index in [2.05, 4.69) is 33.2 Å².